The smallest absolute Gasteiger partial charge is 0.237 e. The zero-order chi connectivity index (χ0) is 14.7. The number of amides is 1. The second-order valence-electron chi connectivity index (χ2n) is 6.38. The van der Waals surface area contributed by atoms with Crippen molar-refractivity contribution in [3.8, 4) is 0 Å². The van der Waals surface area contributed by atoms with Crippen LogP contribution in [0, 0.1) is 0 Å². The Morgan fingerprint density at radius 2 is 2.05 bits per heavy atom. The van der Waals surface area contributed by atoms with Gasteiger partial charge in [-0.2, -0.15) is 11.8 Å². The molecule has 2 aliphatic rings. The highest BCUT2D eigenvalue weighted by molar-refractivity contribution is 7.99. The summed E-state index contributed by atoms with van der Waals surface area (Å²) in [6.45, 7) is 0. The van der Waals surface area contributed by atoms with E-state index in [4.69, 9.17) is 5.73 Å². The Bertz CT molecular complexity index is 489. The number of primary amides is 1. The first kappa shape index (κ1) is 14.9. The van der Waals surface area contributed by atoms with Crippen LogP contribution < -0.4 is 11.1 Å². The molecular formula is C17H24N2OS. The van der Waals surface area contributed by atoms with E-state index >= 15 is 0 Å². The lowest BCUT2D eigenvalue weighted by molar-refractivity contribution is -0.125. The molecule has 3 nitrogen and oxygen atoms in total. The molecule has 0 spiro atoms. The maximum absolute atomic E-state index is 12.0. The number of hydrogen-bond donors (Lipinski definition) is 2. The molecule has 0 bridgehead atoms. The molecule has 3 rings (SSSR count). The van der Waals surface area contributed by atoms with Gasteiger partial charge in [-0.15, -0.1) is 0 Å². The Hall–Kier alpha value is -1.00. The first-order valence-electron chi connectivity index (χ1n) is 7.91. The fraction of sp³-hybridized carbons (Fsp3) is 0.588. The van der Waals surface area contributed by atoms with Crippen molar-refractivity contribution in [3.05, 3.63) is 35.9 Å². The van der Waals surface area contributed by atoms with Gasteiger partial charge in [0.2, 0.25) is 5.91 Å². The van der Waals surface area contributed by atoms with Crippen LogP contribution in [-0.4, -0.2) is 22.7 Å². The summed E-state index contributed by atoms with van der Waals surface area (Å²) in [7, 11) is 0. The van der Waals surface area contributed by atoms with Crippen LogP contribution in [0.15, 0.2) is 30.3 Å². The summed E-state index contributed by atoms with van der Waals surface area (Å²) in [5.74, 6) is 0.864. The number of benzene rings is 1. The fourth-order valence-corrected chi connectivity index (χ4v) is 4.56. The average Bonchev–Trinajstić information content (AvgIpc) is 3.30. The second kappa shape index (κ2) is 6.41. The first-order chi connectivity index (χ1) is 10.2. The lowest BCUT2D eigenvalue weighted by Crippen LogP contribution is -2.59. The Kier molecular flexibility index (Phi) is 4.55. The third-order valence-corrected chi connectivity index (χ3v) is 5.94. The van der Waals surface area contributed by atoms with Crippen LogP contribution in [0.1, 0.15) is 44.1 Å². The molecule has 2 unspecified atom stereocenters. The molecule has 3 N–H and O–H groups in total. The largest absolute Gasteiger partial charge is 0.368 e. The van der Waals surface area contributed by atoms with Crippen LogP contribution in [-0.2, 0) is 10.5 Å². The Labute approximate surface area is 131 Å². The minimum Gasteiger partial charge on any atom is -0.368 e. The molecule has 2 atom stereocenters. The number of thioether (sulfide) groups is 1. The van der Waals surface area contributed by atoms with Crippen molar-refractivity contribution < 1.29 is 4.79 Å². The van der Waals surface area contributed by atoms with E-state index in [2.05, 4.69) is 29.6 Å². The van der Waals surface area contributed by atoms with Gasteiger partial charge >= 0.3 is 0 Å². The fourth-order valence-electron chi connectivity index (χ4n) is 3.20. The molecule has 21 heavy (non-hydrogen) atoms. The Balaban J connectivity index is 1.59. The predicted molar refractivity (Wildman–Crippen MR) is 88.1 cm³/mol. The summed E-state index contributed by atoms with van der Waals surface area (Å²) in [5, 5.41) is 4.07. The first-order valence-corrected chi connectivity index (χ1v) is 8.96. The summed E-state index contributed by atoms with van der Waals surface area (Å²) in [5.41, 5.74) is 6.64. The predicted octanol–water partition coefficient (Wildman–Crippen LogP) is 2.84. The molecule has 2 fully saturated rings. The SMILES string of the molecule is NC(=O)C1(NC2CC2)CCCC(SCc2ccccc2)C1. The van der Waals surface area contributed by atoms with Crippen molar-refractivity contribution in [2.75, 3.05) is 0 Å². The average molecular weight is 304 g/mol. The van der Waals surface area contributed by atoms with Crippen LogP contribution in [0.2, 0.25) is 0 Å². The van der Waals surface area contributed by atoms with Crippen molar-refractivity contribution in [1.82, 2.24) is 5.32 Å². The topological polar surface area (TPSA) is 55.1 Å². The number of carbonyl (C=O) groups is 1. The van der Waals surface area contributed by atoms with Crippen molar-refractivity contribution in [2.45, 2.75) is 61.1 Å². The maximum atomic E-state index is 12.0. The third kappa shape index (κ3) is 3.80. The summed E-state index contributed by atoms with van der Waals surface area (Å²) >= 11 is 1.97. The van der Waals surface area contributed by atoms with Gasteiger partial charge in [0.05, 0.1) is 5.54 Å². The van der Waals surface area contributed by atoms with Crippen LogP contribution >= 0.6 is 11.8 Å². The minimum atomic E-state index is -0.451. The molecule has 0 aromatic heterocycles. The highest BCUT2D eigenvalue weighted by Crippen LogP contribution is 2.38. The number of rotatable bonds is 6. The van der Waals surface area contributed by atoms with Gasteiger partial charge in [-0.3, -0.25) is 4.79 Å². The van der Waals surface area contributed by atoms with Crippen molar-refractivity contribution in [3.63, 3.8) is 0 Å². The Morgan fingerprint density at radius 1 is 1.29 bits per heavy atom. The number of carbonyl (C=O) groups excluding carboxylic acids is 1. The van der Waals surface area contributed by atoms with Gasteiger partial charge in [0.15, 0.2) is 0 Å². The molecule has 2 saturated carbocycles. The molecule has 1 aromatic rings. The van der Waals surface area contributed by atoms with Gasteiger partial charge < -0.3 is 11.1 Å². The number of nitrogens with one attached hydrogen (secondary N) is 1. The molecular weight excluding hydrogens is 280 g/mol. The van der Waals surface area contributed by atoms with Crippen LogP contribution in [0.5, 0.6) is 0 Å². The van der Waals surface area contributed by atoms with E-state index in [1.807, 2.05) is 17.8 Å². The standard InChI is InChI=1S/C17H24N2OS/c18-16(20)17(19-14-8-9-14)10-4-7-15(11-17)21-12-13-5-2-1-3-6-13/h1-3,5-6,14-15,19H,4,7-12H2,(H2,18,20). The van der Waals surface area contributed by atoms with Crippen LogP contribution in [0.25, 0.3) is 0 Å². The van der Waals surface area contributed by atoms with E-state index in [1.165, 1.54) is 24.8 Å². The van der Waals surface area contributed by atoms with E-state index in [-0.39, 0.29) is 5.91 Å². The lowest BCUT2D eigenvalue weighted by Gasteiger charge is -2.39. The van der Waals surface area contributed by atoms with Crippen LogP contribution in [0.4, 0.5) is 0 Å². The van der Waals surface area contributed by atoms with Gasteiger partial charge in [0, 0.05) is 17.0 Å². The van der Waals surface area contributed by atoms with Gasteiger partial charge in [0.25, 0.3) is 0 Å². The zero-order valence-corrected chi connectivity index (χ0v) is 13.2. The summed E-state index contributed by atoms with van der Waals surface area (Å²) in [6.07, 6.45) is 6.46. The monoisotopic (exact) mass is 304 g/mol. The van der Waals surface area contributed by atoms with Gasteiger partial charge in [-0.25, -0.2) is 0 Å². The molecule has 0 radical (unpaired) electrons. The highest BCUT2D eigenvalue weighted by Gasteiger charge is 2.44. The number of nitrogens with two attached hydrogens (primary N) is 1. The molecule has 0 heterocycles. The lowest BCUT2D eigenvalue weighted by atomic mass is 9.80. The highest BCUT2D eigenvalue weighted by atomic mass is 32.2. The number of hydrogen-bond acceptors (Lipinski definition) is 3. The molecule has 2 aliphatic carbocycles. The molecule has 0 aliphatic heterocycles. The molecule has 1 amide bonds. The zero-order valence-electron chi connectivity index (χ0n) is 12.4. The van der Waals surface area contributed by atoms with E-state index in [1.54, 1.807) is 0 Å². The van der Waals surface area contributed by atoms with Gasteiger partial charge in [-0.1, -0.05) is 30.3 Å². The van der Waals surface area contributed by atoms with E-state index in [9.17, 15) is 4.79 Å². The third-order valence-electron chi connectivity index (χ3n) is 4.56. The molecule has 0 saturated heterocycles. The van der Waals surface area contributed by atoms with Crippen LogP contribution in [0.3, 0.4) is 0 Å². The van der Waals surface area contributed by atoms with Gasteiger partial charge in [0.1, 0.15) is 0 Å². The van der Waals surface area contributed by atoms with E-state index in [0.717, 1.165) is 25.0 Å². The van der Waals surface area contributed by atoms with E-state index < -0.39 is 5.54 Å². The normalized spacial score (nSPS) is 29.2. The quantitative estimate of drug-likeness (QED) is 0.849. The summed E-state index contributed by atoms with van der Waals surface area (Å²) in [6, 6.07) is 11.1. The molecule has 114 valence electrons. The van der Waals surface area contributed by atoms with Crippen molar-refractivity contribution in [2.24, 2.45) is 5.73 Å². The molecule has 1 aromatic carbocycles. The summed E-state index contributed by atoms with van der Waals surface area (Å²) < 4.78 is 0. The second-order valence-corrected chi connectivity index (χ2v) is 7.67. The van der Waals surface area contributed by atoms with Crippen molar-refractivity contribution >= 4 is 17.7 Å². The van der Waals surface area contributed by atoms with Gasteiger partial charge in [-0.05, 0) is 44.1 Å². The van der Waals surface area contributed by atoms with Crippen molar-refractivity contribution in [1.29, 1.82) is 0 Å². The summed E-state index contributed by atoms with van der Waals surface area (Å²) in [4.78, 5) is 12.0. The Morgan fingerprint density at radius 3 is 2.71 bits per heavy atom. The molecule has 4 heteroatoms. The maximum Gasteiger partial charge on any atom is 0.237 e. The minimum absolute atomic E-state index is 0.153. The van der Waals surface area contributed by atoms with E-state index in [0.29, 0.717) is 11.3 Å².